The van der Waals surface area contributed by atoms with E-state index in [-0.39, 0.29) is 11.7 Å². The molecule has 0 spiro atoms. The van der Waals surface area contributed by atoms with E-state index in [1.54, 1.807) is 12.4 Å². The summed E-state index contributed by atoms with van der Waals surface area (Å²) in [6, 6.07) is 13.5. The lowest BCUT2D eigenvalue weighted by Gasteiger charge is -2.09. The first-order valence-corrected chi connectivity index (χ1v) is 8.84. The summed E-state index contributed by atoms with van der Waals surface area (Å²) in [6.45, 7) is 4.02. The Kier molecular flexibility index (Phi) is 5.40. The number of aromatic nitrogens is 3. The second-order valence-corrected chi connectivity index (χ2v) is 6.64. The Morgan fingerprint density at radius 3 is 2.52 bits per heavy atom. The van der Waals surface area contributed by atoms with Crippen LogP contribution in [0.1, 0.15) is 11.1 Å². The summed E-state index contributed by atoms with van der Waals surface area (Å²) >= 11 is 1.36. The number of nitrogens with zero attached hydrogens (tertiary/aromatic N) is 3. The summed E-state index contributed by atoms with van der Waals surface area (Å²) in [7, 11) is 0. The number of carbonyl (C=O) groups is 1. The molecule has 3 aromatic rings. The number of hydrogen-bond donors (Lipinski definition) is 1. The Hall–Kier alpha value is -2.73. The van der Waals surface area contributed by atoms with Gasteiger partial charge in [0.25, 0.3) is 0 Å². The average molecular weight is 350 g/mol. The van der Waals surface area contributed by atoms with E-state index in [2.05, 4.69) is 20.5 Å². The van der Waals surface area contributed by atoms with Crippen LogP contribution in [0.4, 0.5) is 5.69 Å². The van der Waals surface area contributed by atoms with Gasteiger partial charge in [0.2, 0.25) is 5.91 Å². The molecule has 2 heterocycles. The average Bonchev–Trinajstić information content (AvgIpc) is 2.63. The molecule has 0 bridgehead atoms. The maximum absolute atomic E-state index is 12.1. The normalized spacial score (nSPS) is 10.5. The van der Waals surface area contributed by atoms with Crippen LogP contribution in [0.25, 0.3) is 11.3 Å². The van der Waals surface area contributed by atoms with Crippen molar-refractivity contribution in [3.05, 3.63) is 66.0 Å². The molecule has 2 aromatic heterocycles. The van der Waals surface area contributed by atoms with Crippen LogP contribution in [0, 0.1) is 13.8 Å². The third kappa shape index (κ3) is 4.64. The summed E-state index contributed by atoms with van der Waals surface area (Å²) in [6.07, 6.45) is 3.44. The van der Waals surface area contributed by atoms with Crippen LogP contribution in [0.15, 0.2) is 59.9 Å². The van der Waals surface area contributed by atoms with Crippen molar-refractivity contribution in [2.45, 2.75) is 18.9 Å². The van der Waals surface area contributed by atoms with E-state index in [9.17, 15) is 4.79 Å². The Labute approximate surface area is 150 Å². The third-order valence-corrected chi connectivity index (χ3v) is 4.54. The lowest BCUT2D eigenvalue weighted by Crippen LogP contribution is -2.15. The molecule has 0 saturated carbocycles. The van der Waals surface area contributed by atoms with Crippen molar-refractivity contribution in [2.75, 3.05) is 11.1 Å². The van der Waals surface area contributed by atoms with Gasteiger partial charge < -0.3 is 5.32 Å². The fraction of sp³-hybridized carbons (Fsp3) is 0.158. The highest BCUT2D eigenvalue weighted by molar-refractivity contribution is 7.99. The molecule has 0 aliphatic rings. The Balaban J connectivity index is 1.57. The molecule has 0 unspecified atom stereocenters. The van der Waals surface area contributed by atoms with Gasteiger partial charge in [-0.25, -0.2) is 0 Å². The molecule has 3 rings (SSSR count). The maximum Gasteiger partial charge on any atom is 0.234 e. The molecule has 0 atom stereocenters. The quantitative estimate of drug-likeness (QED) is 0.707. The molecular formula is C19H18N4OS. The van der Waals surface area contributed by atoms with Gasteiger partial charge in [0.05, 0.1) is 11.4 Å². The molecule has 1 N–H and O–H groups in total. The van der Waals surface area contributed by atoms with Crippen LogP contribution in [0.2, 0.25) is 0 Å². The van der Waals surface area contributed by atoms with Crippen LogP contribution in [0.3, 0.4) is 0 Å². The third-order valence-electron chi connectivity index (χ3n) is 3.62. The largest absolute Gasteiger partial charge is 0.325 e. The zero-order valence-corrected chi connectivity index (χ0v) is 14.9. The van der Waals surface area contributed by atoms with Crippen molar-refractivity contribution >= 4 is 23.4 Å². The second-order valence-electron chi connectivity index (χ2n) is 5.65. The Morgan fingerprint density at radius 2 is 1.84 bits per heavy atom. The van der Waals surface area contributed by atoms with E-state index in [0.29, 0.717) is 5.03 Å². The number of aryl methyl sites for hydroxylation is 2. The van der Waals surface area contributed by atoms with Crippen molar-refractivity contribution in [3.8, 4) is 11.3 Å². The molecule has 0 fully saturated rings. The molecule has 6 heteroatoms. The molecule has 0 radical (unpaired) electrons. The topological polar surface area (TPSA) is 67.8 Å². The second kappa shape index (κ2) is 7.90. The standard InChI is InChI=1S/C19H18N4OS/c1-13-3-4-16(14(2)11-13)21-18(24)12-25-19-6-5-17(22-23-19)15-7-9-20-10-8-15/h3-11H,12H2,1-2H3,(H,21,24). The summed E-state index contributed by atoms with van der Waals surface area (Å²) in [5.41, 5.74) is 4.82. The lowest BCUT2D eigenvalue weighted by molar-refractivity contribution is -0.113. The number of pyridine rings is 1. The first-order valence-electron chi connectivity index (χ1n) is 7.86. The highest BCUT2D eigenvalue weighted by Crippen LogP contribution is 2.20. The number of nitrogens with one attached hydrogen (secondary N) is 1. The number of thioether (sulfide) groups is 1. The maximum atomic E-state index is 12.1. The van der Waals surface area contributed by atoms with Crippen LogP contribution in [-0.4, -0.2) is 26.8 Å². The zero-order chi connectivity index (χ0) is 17.6. The molecule has 0 aliphatic carbocycles. The number of hydrogen-bond acceptors (Lipinski definition) is 5. The fourth-order valence-electron chi connectivity index (χ4n) is 2.35. The van der Waals surface area contributed by atoms with E-state index >= 15 is 0 Å². The van der Waals surface area contributed by atoms with Gasteiger partial charge in [-0.2, -0.15) is 0 Å². The zero-order valence-electron chi connectivity index (χ0n) is 14.1. The first-order chi connectivity index (χ1) is 12.1. The van der Waals surface area contributed by atoms with Crippen molar-refractivity contribution in [1.29, 1.82) is 0 Å². The van der Waals surface area contributed by atoms with Crippen molar-refractivity contribution in [3.63, 3.8) is 0 Å². The number of anilines is 1. The number of amides is 1. The molecule has 0 aliphatic heterocycles. The van der Waals surface area contributed by atoms with Gasteiger partial charge in [0.1, 0.15) is 5.03 Å². The van der Waals surface area contributed by atoms with Gasteiger partial charge in [0, 0.05) is 23.6 Å². The van der Waals surface area contributed by atoms with E-state index in [1.165, 1.54) is 17.3 Å². The predicted octanol–water partition coefficient (Wildman–Crippen LogP) is 3.89. The summed E-state index contributed by atoms with van der Waals surface area (Å²) in [5.74, 6) is 0.230. The van der Waals surface area contributed by atoms with Crippen LogP contribution in [0.5, 0.6) is 0 Å². The summed E-state index contributed by atoms with van der Waals surface area (Å²) in [4.78, 5) is 16.1. The minimum absolute atomic E-state index is 0.0584. The molecule has 126 valence electrons. The monoisotopic (exact) mass is 350 g/mol. The van der Waals surface area contributed by atoms with Gasteiger partial charge in [-0.05, 0) is 49.7 Å². The van der Waals surface area contributed by atoms with Crippen LogP contribution in [-0.2, 0) is 4.79 Å². The van der Waals surface area contributed by atoms with Gasteiger partial charge in [0.15, 0.2) is 0 Å². The molecule has 0 saturated heterocycles. The minimum Gasteiger partial charge on any atom is -0.325 e. The fourth-order valence-corrected chi connectivity index (χ4v) is 2.97. The van der Waals surface area contributed by atoms with Crippen LogP contribution >= 0.6 is 11.8 Å². The van der Waals surface area contributed by atoms with Crippen molar-refractivity contribution in [1.82, 2.24) is 15.2 Å². The van der Waals surface area contributed by atoms with Gasteiger partial charge in [-0.15, -0.1) is 10.2 Å². The number of benzene rings is 1. The van der Waals surface area contributed by atoms with Gasteiger partial charge >= 0.3 is 0 Å². The predicted molar refractivity (Wildman–Crippen MR) is 101 cm³/mol. The lowest BCUT2D eigenvalue weighted by atomic mass is 10.1. The molecular weight excluding hydrogens is 332 g/mol. The Bertz CT molecular complexity index is 866. The first kappa shape index (κ1) is 17.1. The highest BCUT2D eigenvalue weighted by atomic mass is 32.2. The van der Waals surface area contributed by atoms with Gasteiger partial charge in [-0.1, -0.05) is 29.5 Å². The highest BCUT2D eigenvalue weighted by Gasteiger charge is 2.07. The van der Waals surface area contributed by atoms with E-state index in [4.69, 9.17) is 0 Å². The molecule has 1 amide bonds. The smallest absolute Gasteiger partial charge is 0.234 e. The summed E-state index contributed by atoms with van der Waals surface area (Å²) < 4.78 is 0. The minimum atomic E-state index is -0.0584. The van der Waals surface area contributed by atoms with E-state index in [1.807, 2.05) is 56.3 Å². The SMILES string of the molecule is Cc1ccc(NC(=O)CSc2ccc(-c3ccncc3)nn2)c(C)c1. The van der Waals surface area contributed by atoms with Crippen molar-refractivity contribution < 1.29 is 4.79 Å². The van der Waals surface area contributed by atoms with Crippen LogP contribution < -0.4 is 5.32 Å². The number of rotatable bonds is 5. The number of carbonyl (C=O) groups excluding carboxylic acids is 1. The molecule has 25 heavy (non-hydrogen) atoms. The Morgan fingerprint density at radius 1 is 1.04 bits per heavy atom. The van der Waals surface area contributed by atoms with E-state index < -0.39 is 0 Å². The van der Waals surface area contributed by atoms with Crippen molar-refractivity contribution in [2.24, 2.45) is 0 Å². The summed E-state index contributed by atoms with van der Waals surface area (Å²) in [5, 5.41) is 12.0. The molecule has 5 nitrogen and oxygen atoms in total. The van der Waals surface area contributed by atoms with E-state index in [0.717, 1.165) is 22.5 Å². The molecule has 1 aromatic carbocycles. The van der Waals surface area contributed by atoms with Gasteiger partial charge in [-0.3, -0.25) is 9.78 Å².